The van der Waals surface area contributed by atoms with Gasteiger partial charge in [0.25, 0.3) is 0 Å². The van der Waals surface area contributed by atoms with Gasteiger partial charge in [0.2, 0.25) is 0 Å². The van der Waals surface area contributed by atoms with Crippen molar-refractivity contribution in [3.63, 3.8) is 0 Å². The summed E-state index contributed by atoms with van der Waals surface area (Å²) in [4.78, 5) is 0. The standard InChI is InChI=1S/C9H12F5N/c10-8(11,9(12,13)14)6-4-2-1-3-5-7-15/h1-6H2. The molecule has 0 fully saturated rings. The lowest BCUT2D eigenvalue weighted by molar-refractivity contribution is -0.284. The van der Waals surface area contributed by atoms with E-state index >= 15 is 0 Å². The summed E-state index contributed by atoms with van der Waals surface area (Å²) in [6.45, 7) is 0. The van der Waals surface area contributed by atoms with Crippen molar-refractivity contribution in [1.82, 2.24) is 0 Å². The lowest BCUT2D eigenvalue weighted by Crippen LogP contribution is -2.36. The highest BCUT2D eigenvalue weighted by Gasteiger charge is 2.56. The maximum absolute atomic E-state index is 12.3. The fraction of sp³-hybridized carbons (Fsp3) is 0.889. The van der Waals surface area contributed by atoms with Crippen LogP contribution in [-0.2, 0) is 0 Å². The van der Waals surface area contributed by atoms with Crippen LogP contribution in [0.1, 0.15) is 38.5 Å². The Morgan fingerprint density at radius 1 is 0.867 bits per heavy atom. The van der Waals surface area contributed by atoms with Gasteiger partial charge < -0.3 is 0 Å². The van der Waals surface area contributed by atoms with Crippen molar-refractivity contribution in [2.75, 3.05) is 0 Å². The van der Waals surface area contributed by atoms with Crippen molar-refractivity contribution in [2.45, 2.75) is 50.6 Å². The van der Waals surface area contributed by atoms with Crippen molar-refractivity contribution in [3.05, 3.63) is 0 Å². The number of nitrogens with zero attached hydrogens (tertiary/aromatic N) is 1. The summed E-state index contributed by atoms with van der Waals surface area (Å²) in [5.41, 5.74) is 0. The minimum absolute atomic E-state index is 0.169. The third kappa shape index (κ3) is 5.55. The Bertz CT molecular complexity index is 216. The van der Waals surface area contributed by atoms with Crippen LogP contribution in [0.2, 0.25) is 0 Å². The number of hydrogen-bond donors (Lipinski definition) is 0. The molecule has 0 atom stereocenters. The van der Waals surface area contributed by atoms with Crippen LogP contribution >= 0.6 is 0 Å². The minimum atomic E-state index is -5.44. The molecule has 0 radical (unpaired) electrons. The molecule has 15 heavy (non-hydrogen) atoms. The summed E-state index contributed by atoms with van der Waals surface area (Å²) in [5, 5.41) is 8.14. The molecule has 0 aliphatic carbocycles. The second-order valence-corrected chi connectivity index (χ2v) is 3.27. The SMILES string of the molecule is N#CCCCCCCC(F)(F)C(F)(F)F. The topological polar surface area (TPSA) is 23.8 Å². The second kappa shape index (κ2) is 5.89. The van der Waals surface area contributed by atoms with Crippen molar-refractivity contribution < 1.29 is 22.0 Å². The molecule has 0 heterocycles. The van der Waals surface area contributed by atoms with Crippen LogP contribution in [0.4, 0.5) is 22.0 Å². The molecule has 88 valence electrons. The Balaban J connectivity index is 3.64. The summed E-state index contributed by atoms with van der Waals surface area (Å²) in [7, 11) is 0. The smallest absolute Gasteiger partial charge is 0.198 e. The molecule has 0 aromatic carbocycles. The van der Waals surface area contributed by atoms with Crippen LogP contribution in [0, 0.1) is 11.3 Å². The van der Waals surface area contributed by atoms with Crippen molar-refractivity contribution in [2.24, 2.45) is 0 Å². The Morgan fingerprint density at radius 3 is 1.87 bits per heavy atom. The van der Waals surface area contributed by atoms with E-state index in [4.69, 9.17) is 5.26 Å². The first-order valence-electron chi connectivity index (χ1n) is 4.63. The van der Waals surface area contributed by atoms with Crippen molar-refractivity contribution >= 4 is 0 Å². The van der Waals surface area contributed by atoms with Crippen LogP contribution in [0.3, 0.4) is 0 Å². The first-order chi connectivity index (χ1) is 6.81. The molecule has 0 saturated carbocycles. The Hall–Kier alpha value is -0.860. The average Bonchev–Trinajstić information content (AvgIpc) is 2.09. The second-order valence-electron chi connectivity index (χ2n) is 3.27. The largest absolute Gasteiger partial charge is 0.453 e. The molecular formula is C9H12F5N. The summed E-state index contributed by atoms with van der Waals surface area (Å²) in [6.07, 6.45) is -5.10. The zero-order valence-corrected chi connectivity index (χ0v) is 8.08. The normalized spacial score (nSPS) is 12.5. The van der Waals surface area contributed by atoms with E-state index in [1.54, 1.807) is 0 Å². The number of nitriles is 1. The van der Waals surface area contributed by atoms with Crippen LogP contribution in [-0.4, -0.2) is 12.1 Å². The Labute approximate surface area is 84.9 Å². The molecule has 0 bridgehead atoms. The van der Waals surface area contributed by atoms with Gasteiger partial charge in [0.05, 0.1) is 6.07 Å². The zero-order valence-electron chi connectivity index (χ0n) is 8.08. The fourth-order valence-corrected chi connectivity index (χ4v) is 1.05. The van der Waals surface area contributed by atoms with Crippen LogP contribution in [0.15, 0.2) is 0 Å². The van der Waals surface area contributed by atoms with Crippen molar-refractivity contribution in [3.8, 4) is 6.07 Å². The molecule has 0 N–H and O–H groups in total. The molecule has 0 unspecified atom stereocenters. The maximum atomic E-state index is 12.3. The number of hydrogen-bond acceptors (Lipinski definition) is 1. The molecule has 0 rings (SSSR count). The molecule has 0 aromatic heterocycles. The first kappa shape index (κ1) is 14.1. The van der Waals surface area contributed by atoms with Gasteiger partial charge in [-0.15, -0.1) is 0 Å². The van der Waals surface area contributed by atoms with Gasteiger partial charge in [0.1, 0.15) is 0 Å². The summed E-state index contributed by atoms with van der Waals surface area (Å²) in [6, 6.07) is 1.87. The van der Waals surface area contributed by atoms with Gasteiger partial charge in [-0.3, -0.25) is 0 Å². The van der Waals surface area contributed by atoms with Gasteiger partial charge in [-0.05, 0) is 12.8 Å². The minimum Gasteiger partial charge on any atom is -0.198 e. The van der Waals surface area contributed by atoms with E-state index in [1.165, 1.54) is 0 Å². The van der Waals surface area contributed by atoms with E-state index in [9.17, 15) is 22.0 Å². The summed E-state index contributed by atoms with van der Waals surface area (Å²) < 4.78 is 59.7. The number of rotatable bonds is 6. The van der Waals surface area contributed by atoms with Gasteiger partial charge in [0.15, 0.2) is 0 Å². The Kier molecular flexibility index (Phi) is 5.55. The highest BCUT2D eigenvalue weighted by molar-refractivity contribution is 4.75. The van der Waals surface area contributed by atoms with Gasteiger partial charge in [-0.2, -0.15) is 27.2 Å². The number of unbranched alkanes of at least 4 members (excludes halogenated alkanes) is 4. The zero-order chi connectivity index (χ0) is 11.9. The third-order valence-electron chi connectivity index (χ3n) is 1.94. The lowest BCUT2D eigenvalue weighted by atomic mass is 10.1. The van der Waals surface area contributed by atoms with Gasteiger partial charge in [-0.25, -0.2) is 0 Å². The monoisotopic (exact) mass is 229 g/mol. The average molecular weight is 229 g/mol. The molecule has 6 heteroatoms. The van der Waals surface area contributed by atoms with E-state index in [2.05, 4.69) is 0 Å². The lowest BCUT2D eigenvalue weighted by Gasteiger charge is -2.19. The third-order valence-corrected chi connectivity index (χ3v) is 1.94. The van der Waals surface area contributed by atoms with Gasteiger partial charge in [-0.1, -0.05) is 12.8 Å². The number of halogens is 5. The molecule has 0 amide bonds. The molecule has 0 saturated heterocycles. The highest BCUT2D eigenvalue weighted by Crippen LogP contribution is 2.39. The quantitative estimate of drug-likeness (QED) is 0.498. The molecular weight excluding hydrogens is 217 g/mol. The van der Waals surface area contributed by atoms with E-state index in [-0.39, 0.29) is 6.42 Å². The predicted molar refractivity (Wildman–Crippen MR) is 44.3 cm³/mol. The molecule has 0 aliphatic heterocycles. The molecule has 0 aliphatic rings. The summed E-state index contributed by atoms with van der Waals surface area (Å²) >= 11 is 0. The summed E-state index contributed by atoms with van der Waals surface area (Å²) in [5.74, 6) is -4.58. The molecule has 1 nitrogen and oxygen atoms in total. The highest BCUT2D eigenvalue weighted by atomic mass is 19.4. The van der Waals surface area contributed by atoms with E-state index in [0.717, 1.165) is 0 Å². The van der Waals surface area contributed by atoms with E-state index < -0.39 is 18.5 Å². The first-order valence-corrected chi connectivity index (χ1v) is 4.63. The maximum Gasteiger partial charge on any atom is 0.453 e. The van der Waals surface area contributed by atoms with E-state index in [1.807, 2.05) is 6.07 Å². The molecule has 0 aromatic rings. The fourth-order valence-electron chi connectivity index (χ4n) is 1.05. The van der Waals surface area contributed by atoms with E-state index in [0.29, 0.717) is 25.7 Å². The molecule has 0 spiro atoms. The van der Waals surface area contributed by atoms with Crippen LogP contribution < -0.4 is 0 Å². The van der Waals surface area contributed by atoms with Gasteiger partial charge in [0, 0.05) is 12.8 Å². The van der Waals surface area contributed by atoms with Gasteiger partial charge >= 0.3 is 12.1 Å². The van der Waals surface area contributed by atoms with Crippen molar-refractivity contribution in [1.29, 1.82) is 5.26 Å². The predicted octanol–water partition coefficient (Wildman–Crippen LogP) is 4.05. The van der Waals surface area contributed by atoms with Crippen LogP contribution in [0.5, 0.6) is 0 Å². The number of alkyl halides is 5. The Morgan fingerprint density at radius 2 is 1.40 bits per heavy atom. The van der Waals surface area contributed by atoms with Crippen LogP contribution in [0.25, 0.3) is 0 Å².